The minimum atomic E-state index is -1.01. The highest BCUT2D eigenvalue weighted by atomic mass is 19.2. The molecule has 0 saturated heterocycles. The quantitative estimate of drug-likeness (QED) is 0.464. The van der Waals surface area contributed by atoms with Crippen molar-refractivity contribution < 1.29 is 23.5 Å². The highest BCUT2D eigenvalue weighted by molar-refractivity contribution is 6.12. The molecule has 2 aromatic heterocycles. The van der Waals surface area contributed by atoms with Gasteiger partial charge in [-0.15, -0.1) is 0 Å². The number of rotatable bonds is 6. The van der Waals surface area contributed by atoms with Crippen molar-refractivity contribution in [2.24, 2.45) is 0 Å². The molecule has 0 bridgehead atoms. The van der Waals surface area contributed by atoms with Crippen LogP contribution in [-0.2, 0) is 13.1 Å². The Morgan fingerprint density at radius 1 is 1.10 bits per heavy atom. The van der Waals surface area contributed by atoms with E-state index in [1.165, 1.54) is 18.2 Å². The van der Waals surface area contributed by atoms with Gasteiger partial charge >= 0.3 is 0 Å². The van der Waals surface area contributed by atoms with Gasteiger partial charge in [0.25, 0.3) is 5.91 Å². The molecule has 2 N–H and O–H groups in total. The van der Waals surface area contributed by atoms with E-state index in [1.54, 1.807) is 29.0 Å². The molecule has 0 saturated carbocycles. The predicted octanol–water partition coefficient (Wildman–Crippen LogP) is 3.81. The number of aromatic nitrogens is 2. The van der Waals surface area contributed by atoms with Crippen LogP contribution in [0.1, 0.15) is 32.1 Å². The molecule has 2 heterocycles. The summed E-state index contributed by atoms with van der Waals surface area (Å²) in [7, 11) is 0. The lowest BCUT2D eigenvalue weighted by atomic mass is 10.1. The van der Waals surface area contributed by atoms with Crippen LogP contribution in [0.15, 0.2) is 60.8 Å². The Bertz CT molecular complexity index is 1290. The van der Waals surface area contributed by atoms with Crippen LogP contribution in [0.5, 0.6) is 5.75 Å². The van der Waals surface area contributed by atoms with Gasteiger partial charge in [0, 0.05) is 24.2 Å². The van der Waals surface area contributed by atoms with Crippen LogP contribution in [0.2, 0.25) is 0 Å². The van der Waals surface area contributed by atoms with Gasteiger partial charge in [-0.1, -0.05) is 12.1 Å². The molecule has 0 unspecified atom stereocenters. The molecule has 4 aromatic rings. The number of halogens is 2. The first kappa shape index (κ1) is 20.2. The molecule has 0 radical (unpaired) electrons. The summed E-state index contributed by atoms with van der Waals surface area (Å²) < 4.78 is 28.2. The van der Waals surface area contributed by atoms with Crippen molar-refractivity contribution in [1.29, 1.82) is 0 Å². The second-order valence-electron chi connectivity index (χ2n) is 6.92. The van der Waals surface area contributed by atoms with Gasteiger partial charge in [0.15, 0.2) is 17.9 Å². The fraction of sp³-hybridized carbons (Fsp3) is 0.0870. The monoisotopic (exact) mass is 421 g/mol. The number of benzene rings is 2. The van der Waals surface area contributed by atoms with Gasteiger partial charge in [-0.3, -0.25) is 14.6 Å². The number of nitrogens with one attached hydrogen (secondary N) is 1. The second-order valence-corrected chi connectivity index (χ2v) is 6.92. The molecule has 31 heavy (non-hydrogen) atoms. The standard InChI is InChI=1S/C23H17F2N3O3/c24-18-7-4-14(9-19(18)25)11-27-23(31)22-17-6-5-16(30)10-20(17)28(21(22)13-29)12-15-3-1-2-8-26-15/h1-10,13,30H,11-12H2,(H,27,31). The van der Waals surface area contributed by atoms with Gasteiger partial charge in [0.1, 0.15) is 5.75 Å². The van der Waals surface area contributed by atoms with E-state index in [0.29, 0.717) is 28.4 Å². The number of amides is 1. The molecule has 0 aliphatic carbocycles. The van der Waals surface area contributed by atoms with Gasteiger partial charge in [0.05, 0.1) is 29.0 Å². The van der Waals surface area contributed by atoms with Crippen LogP contribution in [0, 0.1) is 11.6 Å². The minimum absolute atomic E-state index is 0.0153. The third kappa shape index (κ3) is 4.00. The Morgan fingerprint density at radius 3 is 2.65 bits per heavy atom. The van der Waals surface area contributed by atoms with E-state index in [2.05, 4.69) is 10.3 Å². The van der Waals surface area contributed by atoms with Gasteiger partial charge in [-0.05, 0) is 42.0 Å². The lowest BCUT2D eigenvalue weighted by molar-refractivity contribution is 0.0946. The molecule has 2 aromatic carbocycles. The van der Waals surface area contributed by atoms with Crippen molar-refractivity contribution in [1.82, 2.24) is 14.9 Å². The largest absolute Gasteiger partial charge is 0.508 e. The third-order valence-electron chi connectivity index (χ3n) is 4.91. The van der Waals surface area contributed by atoms with Crippen LogP contribution >= 0.6 is 0 Å². The molecule has 0 spiro atoms. The average molecular weight is 421 g/mol. The zero-order valence-electron chi connectivity index (χ0n) is 16.2. The van der Waals surface area contributed by atoms with Crippen LogP contribution in [0.25, 0.3) is 10.9 Å². The topological polar surface area (TPSA) is 84.2 Å². The number of pyridine rings is 1. The molecule has 156 valence electrons. The predicted molar refractivity (Wildman–Crippen MR) is 110 cm³/mol. The summed E-state index contributed by atoms with van der Waals surface area (Å²) in [6, 6.07) is 13.1. The van der Waals surface area contributed by atoms with E-state index in [1.807, 2.05) is 6.07 Å². The van der Waals surface area contributed by atoms with Crippen molar-refractivity contribution in [3.05, 3.63) is 94.9 Å². The van der Waals surface area contributed by atoms with E-state index in [9.17, 15) is 23.5 Å². The number of phenolic OH excluding ortho intramolecular Hbond substituents is 1. The first-order valence-corrected chi connectivity index (χ1v) is 9.40. The molecule has 6 nitrogen and oxygen atoms in total. The Balaban J connectivity index is 1.73. The zero-order chi connectivity index (χ0) is 22.0. The van der Waals surface area contributed by atoms with Crippen LogP contribution < -0.4 is 5.32 Å². The van der Waals surface area contributed by atoms with Crippen molar-refractivity contribution in [3.63, 3.8) is 0 Å². The summed E-state index contributed by atoms with van der Waals surface area (Å²) in [5, 5.41) is 13.1. The molecular weight excluding hydrogens is 404 g/mol. The smallest absolute Gasteiger partial charge is 0.254 e. The van der Waals surface area contributed by atoms with Gasteiger partial charge in [-0.25, -0.2) is 8.78 Å². The van der Waals surface area contributed by atoms with E-state index in [-0.39, 0.29) is 30.1 Å². The number of aldehydes is 1. The first-order chi connectivity index (χ1) is 15.0. The molecule has 8 heteroatoms. The lowest BCUT2D eigenvalue weighted by Crippen LogP contribution is -2.24. The summed E-state index contributed by atoms with van der Waals surface area (Å²) in [5.41, 5.74) is 1.78. The number of phenols is 1. The maximum Gasteiger partial charge on any atom is 0.254 e. The van der Waals surface area contributed by atoms with Crippen molar-refractivity contribution in [3.8, 4) is 5.75 Å². The molecule has 1 amide bonds. The summed E-state index contributed by atoms with van der Waals surface area (Å²) >= 11 is 0. The highest BCUT2D eigenvalue weighted by Gasteiger charge is 2.23. The van der Waals surface area contributed by atoms with Crippen LogP contribution in [0.3, 0.4) is 0 Å². The van der Waals surface area contributed by atoms with Crippen molar-refractivity contribution in [2.45, 2.75) is 13.1 Å². The van der Waals surface area contributed by atoms with E-state index in [0.717, 1.165) is 12.1 Å². The molecule has 4 rings (SSSR count). The summed E-state index contributed by atoms with van der Waals surface area (Å²) in [5.74, 6) is -2.56. The normalized spacial score (nSPS) is 10.9. The lowest BCUT2D eigenvalue weighted by Gasteiger charge is -2.08. The molecule has 0 atom stereocenters. The summed E-state index contributed by atoms with van der Waals surface area (Å²) in [4.78, 5) is 29.2. The zero-order valence-corrected chi connectivity index (χ0v) is 16.2. The van der Waals surface area contributed by atoms with Crippen molar-refractivity contribution >= 4 is 23.1 Å². The Kier molecular flexibility index (Phi) is 5.44. The molecule has 0 aliphatic rings. The maximum atomic E-state index is 13.4. The third-order valence-corrected chi connectivity index (χ3v) is 4.91. The van der Waals surface area contributed by atoms with E-state index >= 15 is 0 Å². The average Bonchev–Trinajstić information content (AvgIpc) is 3.07. The second kappa shape index (κ2) is 8.35. The summed E-state index contributed by atoms with van der Waals surface area (Å²) in [6.45, 7) is 0.157. The number of nitrogens with zero attached hydrogens (tertiary/aromatic N) is 2. The summed E-state index contributed by atoms with van der Waals surface area (Å²) in [6.07, 6.45) is 2.20. The fourth-order valence-corrected chi connectivity index (χ4v) is 3.46. The van der Waals surface area contributed by atoms with Crippen molar-refractivity contribution in [2.75, 3.05) is 0 Å². The van der Waals surface area contributed by atoms with Crippen LogP contribution in [0.4, 0.5) is 8.78 Å². The van der Waals surface area contributed by atoms with Gasteiger partial charge in [-0.2, -0.15) is 0 Å². The number of fused-ring (bicyclic) bond motifs is 1. The Morgan fingerprint density at radius 2 is 1.94 bits per heavy atom. The van der Waals surface area contributed by atoms with E-state index < -0.39 is 17.5 Å². The SMILES string of the molecule is O=Cc1c(C(=O)NCc2ccc(F)c(F)c2)c2ccc(O)cc2n1Cc1ccccn1. The maximum absolute atomic E-state index is 13.4. The van der Waals surface area contributed by atoms with Gasteiger partial charge in [0.2, 0.25) is 0 Å². The fourth-order valence-electron chi connectivity index (χ4n) is 3.46. The molecular formula is C23H17F2N3O3. The number of hydrogen-bond donors (Lipinski definition) is 2. The number of carbonyl (C=O) groups is 2. The number of hydrogen-bond acceptors (Lipinski definition) is 4. The molecule has 0 fully saturated rings. The Hall–Kier alpha value is -4.07. The van der Waals surface area contributed by atoms with Gasteiger partial charge < -0.3 is 15.0 Å². The highest BCUT2D eigenvalue weighted by Crippen LogP contribution is 2.29. The Labute approximate surface area is 175 Å². The molecule has 0 aliphatic heterocycles. The first-order valence-electron chi connectivity index (χ1n) is 9.40. The van der Waals surface area contributed by atoms with E-state index in [4.69, 9.17) is 0 Å². The van der Waals surface area contributed by atoms with Crippen LogP contribution in [-0.4, -0.2) is 26.9 Å². The number of carbonyl (C=O) groups excluding carboxylic acids is 2. The minimum Gasteiger partial charge on any atom is -0.508 e. The number of aromatic hydroxyl groups is 1.